The van der Waals surface area contributed by atoms with E-state index in [-0.39, 0.29) is 60.0 Å². The minimum absolute atomic E-state index is 0.0568. The smallest absolute Gasteiger partial charge is 0.230 e. The van der Waals surface area contributed by atoms with Gasteiger partial charge in [0.25, 0.3) is 0 Å². The van der Waals surface area contributed by atoms with Gasteiger partial charge in [0, 0.05) is 66.5 Å². The summed E-state index contributed by atoms with van der Waals surface area (Å²) in [5.41, 5.74) is 2.07. The highest BCUT2D eigenvalue weighted by molar-refractivity contribution is 5.85. The van der Waals surface area contributed by atoms with E-state index in [1.54, 1.807) is 27.5 Å². The number of ketones is 1. The van der Waals surface area contributed by atoms with Crippen molar-refractivity contribution < 1.29 is 58.8 Å². The number of nitrogens with zero attached hydrogens (tertiary/aromatic N) is 5. The molecule has 3 aliphatic heterocycles. The summed E-state index contributed by atoms with van der Waals surface area (Å²) >= 11 is 0. The summed E-state index contributed by atoms with van der Waals surface area (Å²) in [6, 6.07) is 5.30. The highest BCUT2D eigenvalue weighted by atomic mass is 16.7. The predicted octanol–water partition coefficient (Wildman–Crippen LogP) is 8.57. The number of pyridine rings is 1. The molecule has 76 heavy (non-hydrogen) atoms. The highest BCUT2D eigenvalue weighted by Crippen LogP contribution is 2.42. The van der Waals surface area contributed by atoms with Gasteiger partial charge in [0.2, 0.25) is 5.91 Å². The first-order valence-electron chi connectivity index (χ1n) is 28.2. The maximum Gasteiger partial charge on any atom is 0.230 e. The van der Waals surface area contributed by atoms with E-state index in [1.807, 2.05) is 81.1 Å². The number of likely N-dealkylation sites (N-methyl/N-ethyl adjacent to an activating group) is 1. The molecule has 13 unspecified atom stereocenters. The van der Waals surface area contributed by atoms with Gasteiger partial charge in [-0.05, 0) is 133 Å². The number of methoxy groups -OCH3 is 3. The molecule has 4 aliphatic rings. The normalized spacial score (nSPS) is 36.5. The van der Waals surface area contributed by atoms with Gasteiger partial charge >= 0.3 is 0 Å². The highest BCUT2D eigenvalue weighted by Gasteiger charge is 2.51. The van der Waals surface area contributed by atoms with Crippen LogP contribution in [0.2, 0.25) is 0 Å². The van der Waals surface area contributed by atoms with E-state index >= 15 is 0 Å². The molecule has 2 saturated heterocycles. The predicted molar refractivity (Wildman–Crippen MR) is 295 cm³/mol. The number of hydrogen-bond acceptors (Lipinski definition) is 16. The van der Waals surface area contributed by atoms with Gasteiger partial charge in [-0.1, -0.05) is 88.3 Å². The van der Waals surface area contributed by atoms with Gasteiger partial charge < -0.3 is 54.0 Å². The van der Waals surface area contributed by atoms with Crippen LogP contribution < -0.4 is 0 Å². The first kappa shape index (κ1) is 66.9. The molecule has 0 amide bonds. The van der Waals surface area contributed by atoms with Crippen LogP contribution in [0.25, 0.3) is 0 Å². The van der Waals surface area contributed by atoms with Crippen LogP contribution in [0.3, 0.4) is 0 Å². The molecule has 434 valence electrons. The number of hydrogen-bond donors (Lipinski definition) is 5. The lowest BCUT2D eigenvalue weighted by atomic mass is 9.77. The topological polar surface area (TPSA) is 226 Å². The van der Waals surface area contributed by atoms with E-state index in [4.69, 9.17) is 24.1 Å². The summed E-state index contributed by atoms with van der Waals surface area (Å²) in [6.45, 7) is 14.4. The summed E-state index contributed by atoms with van der Waals surface area (Å²) in [6.07, 6.45) is 17.9. The fourth-order valence-electron chi connectivity index (χ4n) is 11.2. The standard InChI is InChI=1S/C54H89N5O9.C3H6O2.C2H6O/c1-36-19-13-11-10-12-14-20-37(2)50(61)52(66-9)51(62)40(5)31-38(3)47(60)34-48(67-53(63)46-22-16-18-30-59(46)54(64)41(6)24-27-44(68-54)26-23-36)39(4)32-42-25-28-45(49(33-42)65-8)58(7)57-56-35-43-21-15-17-29-55-43;1-3(5)2-4;1-3-2/h10-13,15,17,19,21,29,37-42,44-49,51-53,60,62-64H,14,16,18,20,22-28,30-35H2,1-9H3;2-3,5H,1H3;1-2H3/b12-10+,13-11+,36-19+,57-56?;;/t37-,38-,39?,40?,41?,42?,44?,45?,46?,47?,48+,49?,51-,52?,53?,54?;;/m1../s1. The molecule has 1 aromatic rings. The molecule has 3 fully saturated rings. The van der Waals surface area contributed by atoms with Crippen molar-refractivity contribution in [2.24, 2.45) is 45.8 Å². The van der Waals surface area contributed by atoms with E-state index in [0.29, 0.717) is 51.0 Å². The van der Waals surface area contributed by atoms with Crippen LogP contribution in [-0.4, -0.2) is 162 Å². The fraction of sp³-hybridized carbons (Fsp3) is 0.780. The Labute approximate surface area is 456 Å². The molecule has 0 aromatic carbocycles. The third kappa shape index (κ3) is 21.7. The minimum Gasteiger partial charge on any atom is -0.393 e. The Balaban J connectivity index is 0.00000177. The van der Waals surface area contributed by atoms with Gasteiger partial charge in [-0.15, -0.1) is 0 Å². The first-order valence-corrected chi connectivity index (χ1v) is 28.2. The number of aliphatic hydroxyl groups excluding tert-OH is 4. The number of aromatic nitrogens is 1. The summed E-state index contributed by atoms with van der Waals surface area (Å²) in [5.74, 6) is -2.55. The van der Waals surface area contributed by atoms with Gasteiger partial charge in [0.1, 0.15) is 25.0 Å². The Morgan fingerprint density at radius 1 is 0.921 bits per heavy atom. The van der Waals surface area contributed by atoms with Crippen molar-refractivity contribution in [2.75, 3.05) is 42.0 Å². The van der Waals surface area contributed by atoms with Crippen LogP contribution in [0, 0.1) is 35.5 Å². The fourth-order valence-corrected chi connectivity index (χ4v) is 11.2. The minimum atomic E-state index is -1.56. The van der Waals surface area contributed by atoms with Crippen LogP contribution in [0.1, 0.15) is 150 Å². The van der Waals surface area contributed by atoms with Gasteiger partial charge in [0.15, 0.2) is 12.1 Å². The van der Waals surface area contributed by atoms with Crippen molar-refractivity contribution in [1.82, 2.24) is 14.9 Å². The van der Waals surface area contributed by atoms with Crippen LogP contribution in [0.5, 0.6) is 0 Å². The van der Waals surface area contributed by atoms with Crippen molar-refractivity contribution in [3.05, 3.63) is 66.0 Å². The van der Waals surface area contributed by atoms with E-state index in [2.05, 4.69) is 46.1 Å². The van der Waals surface area contributed by atoms with Crippen molar-refractivity contribution in [2.45, 2.75) is 218 Å². The molecular weight excluding hydrogens is 971 g/mol. The molecule has 1 saturated carbocycles. The largest absolute Gasteiger partial charge is 0.393 e. The number of allylic oxidation sites excluding steroid dienone is 6. The molecule has 17 heteroatoms. The van der Waals surface area contributed by atoms with Gasteiger partial charge in [-0.2, -0.15) is 5.11 Å². The zero-order valence-electron chi connectivity index (χ0n) is 48.4. The van der Waals surface area contributed by atoms with E-state index < -0.39 is 48.8 Å². The Hall–Kier alpha value is -3.33. The first-order chi connectivity index (χ1) is 36.2. The molecule has 4 heterocycles. The van der Waals surface area contributed by atoms with Gasteiger partial charge in [0.05, 0.1) is 48.3 Å². The molecule has 0 spiro atoms. The van der Waals surface area contributed by atoms with E-state index in [1.165, 1.54) is 19.6 Å². The summed E-state index contributed by atoms with van der Waals surface area (Å²) in [5, 5.41) is 67.3. The Morgan fingerprint density at radius 3 is 2.30 bits per heavy atom. The van der Waals surface area contributed by atoms with Crippen LogP contribution >= 0.6 is 0 Å². The van der Waals surface area contributed by atoms with Crippen LogP contribution in [0.15, 0.2) is 70.7 Å². The second-order valence-electron chi connectivity index (χ2n) is 22.4. The molecule has 1 aliphatic carbocycles. The lowest BCUT2D eigenvalue weighted by Crippen LogP contribution is -2.65. The molecule has 5 N–H and O–H groups in total. The summed E-state index contributed by atoms with van der Waals surface area (Å²) < 4.78 is 29.5. The second kappa shape index (κ2) is 35.3. The maximum absolute atomic E-state index is 13.6. The number of carbonyl (C=O) groups excluding carboxylic acids is 2. The quantitative estimate of drug-likeness (QED) is 0.0841. The second-order valence-corrected chi connectivity index (χ2v) is 22.4. The van der Waals surface area contributed by atoms with Crippen LogP contribution in [-0.2, 0) is 39.8 Å². The number of rotatable bonds is 10. The number of carbonyl (C=O) groups is 2. The van der Waals surface area contributed by atoms with Crippen molar-refractivity contribution >= 4 is 12.1 Å². The summed E-state index contributed by atoms with van der Waals surface area (Å²) in [7, 11) is 8.43. The molecule has 1 aromatic heterocycles. The zero-order chi connectivity index (χ0) is 56.4. The third-order valence-corrected chi connectivity index (χ3v) is 16.0. The average molecular weight is 1070 g/mol. The van der Waals surface area contributed by atoms with Crippen molar-refractivity contribution in [1.29, 1.82) is 0 Å². The number of aliphatic hydroxyl groups is 5. The van der Waals surface area contributed by atoms with Crippen molar-refractivity contribution in [3.63, 3.8) is 0 Å². The monoisotopic (exact) mass is 1070 g/mol. The maximum atomic E-state index is 13.6. The van der Waals surface area contributed by atoms with Crippen molar-refractivity contribution in [3.8, 4) is 0 Å². The molecule has 5 rings (SSSR count). The Morgan fingerprint density at radius 2 is 1.64 bits per heavy atom. The van der Waals surface area contributed by atoms with Gasteiger partial charge in [-0.3, -0.25) is 14.8 Å². The lowest BCUT2D eigenvalue weighted by Gasteiger charge is -2.53. The summed E-state index contributed by atoms with van der Waals surface area (Å²) in [4.78, 5) is 29.2. The number of ether oxygens (including phenoxy) is 5. The number of fused-ring (bicyclic) bond motifs is 4. The SMILES string of the molecule is CC(O)C=O.COC.COC1CC(CC(C)[C@@H]2CC(O)[C@H](C)CC(C)[C@@H](O)C(OC)C(=O)[C@H](C)CC/C=C/C=C/C=C(\C)CCC3CCC(C)C(O)(O3)N3CCCCC3C(O)O2)CCC1N(C)N=NCc1ccccn1. The third-order valence-electron chi connectivity index (χ3n) is 16.0. The lowest BCUT2D eigenvalue weighted by molar-refractivity contribution is -0.377. The number of piperidine rings is 1. The molecular formula is C59H101N5O12. The average Bonchev–Trinajstić information content (AvgIpc) is 3.40. The van der Waals surface area contributed by atoms with E-state index in [9.17, 15) is 30.0 Å². The Bertz CT molecular complexity index is 1890. The molecule has 17 atom stereocenters. The zero-order valence-corrected chi connectivity index (χ0v) is 48.4. The van der Waals surface area contributed by atoms with Crippen LogP contribution in [0.4, 0.5) is 0 Å². The van der Waals surface area contributed by atoms with E-state index in [0.717, 1.165) is 69.9 Å². The number of Topliss-reactive ketones (excluding diaryl/α,β-unsaturated/α-hetero) is 1. The molecule has 0 radical (unpaired) electrons. The van der Waals surface area contributed by atoms with Gasteiger partial charge in [-0.25, -0.2) is 4.90 Å². The number of aldehydes is 1. The molecule has 17 nitrogen and oxygen atoms in total. The Kier molecular flexibility index (Phi) is 31.1. The molecule has 2 bridgehead atoms.